The number of nitrogens with zero attached hydrogens (tertiary/aromatic N) is 4. The van der Waals surface area contributed by atoms with Gasteiger partial charge in [-0.25, -0.2) is 8.42 Å². The summed E-state index contributed by atoms with van der Waals surface area (Å²) in [6.07, 6.45) is 4.31. The van der Waals surface area contributed by atoms with Crippen molar-refractivity contribution in [1.29, 1.82) is 0 Å². The highest BCUT2D eigenvalue weighted by Gasteiger charge is 2.28. The molecule has 0 saturated carbocycles. The molecule has 1 aromatic carbocycles. The summed E-state index contributed by atoms with van der Waals surface area (Å²) >= 11 is 0. The average molecular weight is 470 g/mol. The van der Waals surface area contributed by atoms with E-state index in [-0.39, 0.29) is 10.8 Å². The van der Waals surface area contributed by atoms with Gasteiger partial charge in [0.1, 0.15) is 10.6 Å². The molecule has 3 heterocycles. The molecule has 8 nitrogen and oxygen atoms in total. The molecule has 0 radical (unpaired) electrons. The second-order valence-electron chi connectivity index (χ2n) is 8.61. The Morgan fingerprint density at radius 2 is 1.79 bits per heavy atom. The first-order chi connectivity index (χ1) is 15.8. The van der Waals surface area contributed by atoms with Gasteiger partial charge in [0.2, 0.25) is 10.0 Å². The summed E-state index contributed by atoms with van der Waals surface area (Å²) < 4.78 is 31.0. The van der Waals surface area contributed by atoms with Gasteiger partial charge < -0.3 is 9.88 Å². The topological polar surface area (TPSA) is 89.2 Å². The molecule has 0 aliphatic carbocycles. The Kier molecular flexibility index (Phi) is 6.71. The number of amides is 1. The van der Waals surface area contributed by atoms with Gasteiger partial charge in [-0.1, -0.05) is 36.8 Å². The molecule has 4 rings (SSSR count). The van der Waals surface area contributed by atoms with Crippen molar-refractivity contribution in [2.75, 3.05) is 13.1 Å². The van der Waals surface area contributed by atoms with Crippen molar-refractivity contribution >= 4 is 15.9 Å². The van der Waals surface area contributed by atoms with Crippen LogP contribution in [0.5, 0.6) is 0 Å². The molecule has 176 valence electrons. The highest BCUT2D eigenvalue weighted by Crippen LogP contribution is 2.22. The van der Waals surface area contributed by atoms with Crippen molar-refractivity contribution in [1.82, 2.24) is 24.0 Å². The molecule has 3 aromatic rings. The molecule has 1 fully saturated rings. The molecular weight excluding hydrogens is 438 g/mol. The van der Waals surface area contributed by atoms with E-state index in [0.29, 0.717) is 31.9 Å². The summed E-state index contributed by atoms with van der Waals surface area (Å²) in [7, 11) is -1.89. The maximum Gasteiger partial charge on any atom is 0.268 e. The van der Waals surface area contributed by atoms with E-state index >= 15 is 0 Å². The summed E-state index contributed by atoms with van der Waals surface area (Å²) in [5.41, 5.74) is 4.30. The minimum atomic E-state index is -3.59. The van der Waals surface area contributed by atoms with Crippen LogP contribution in [0.3, 0.4) is 0 Å². The number of carbonyl (C=O) groups is 1. The van der Waals surface area contributed by atoms with E-state index in [1.54, 1.807) is 11.6 Å². The minimum Gasteiger partial charge on any atom is -0.347 e. The number of sulfonamides is 1. The van der Waals surface area contributed by atoms with Gasteiger partial charge in [0.15, 0.2) is 0 Å². The Labute approximate surface area is 195 Å². The van der Waals surface area contributed by atoms with Crippen molar-refractivity contribution in [2.24, 2.45) is 7.05 Å². The van der Waals surface area contributed by atoms with Crippen LogP contribution in [0.15, 0.2) is 47.5 Å². The van der Waals surface area contributed by atoms with Crippen molar-refractivity contribution in [3.8, 4) is 0 Å². The molecule has 0 bridgehead atoms. The number of hydrogen-bond donors (Lipinski definition) is 1. The van der Waals surface area contributed by atoms with Crippen molar-refractivity contribution in [2.45, 2.75) is 51.1 Å². The van der Waals surface area contributed by atoms with Crippen molar-refractivity contribution in [3.63, 3.8) is 0 Å². The van der Waals surface area contributed by atoms with E-state index in [9.17, 15) is 13.2 Å². The number of carbonyl (C=O) groups excluding carboxylic acids is 1. The van der Waals surface area contributed by atoms with E-state index in [2.05, 4.69) is 22.5 Å². The molecule has 1 amide bonds. The third-order valence-electron chi connectivity index (χ3n) is 6.30. The van der Waals surface area contributed by atoms with Gasteiger partial charge >= 0.3 is 0 Å². The monoisotopic (exact) mass is 469 g/mol. The van der Waals surface area contributed by atoms with Gasteiger partial charge in [0, 0.05) is 44.1 Å². The van der Waals surface area contributed by atoms with Crippen LogP contribution < -0.4 is 5.32 Å². The van der Waals surface area contributed by atoms with Gasteiger partial charge in [-0.05, 0) is 38.3 Å². The second kappa shape index (κ2) is 9.52. The number of piperidine rings is 1. The number of rotatable bonds is 7. The quantitative estimate of drug-likeness (QED) is 0.576. The van der Waals surface area contributed by atoms with Gasteiger partial charge in [-0.3, -0.25) is 9.48 Å². The highest BCUT2D eigenvalue weighted by atomic mass is 32.2. The summed E-state index contributed by atoms with van der Waals surface area (Å²) in [4.78, 5) is 13.1. The zero-order valence-electron chi connectivity index (χ0n) is 19.4. The van der Waals surface area contributed by atoms with Gasteiger partial charge in [0.25, 0.3) is 5.91 Å². The largest absolute Gasteiger partial charge is 0.347 e. The van der Waals surface area contributed by atoms with Crippen LogP contribution >= 0.6 is 0 Å². The fourth-order valence-electron chi connectivity index (χ4n) is 4.31. The van der Waals surface area contributed by atoms with E-state index in [1.807, 2.05) is 36.7 Å². The molecule has 1 aliphatic heterocycles. The SMILES string of the molecule is Cc1nn(Cc2ccccc2)c(C)c1CNC(=O)c1cc(S(=O)(=O)N2CCCCC2)cn1C. The summed E-state index contributed by atoms with van der Waals surface area (Å²) in [5.74, 6) is -0.313. The maximum atomic E-state index is 13.0. The number of aryl methyl sites for hydroxylation is 2. The number of nitrogens with one attached hydrogen (secondary N) is 1. The average Bonchev–Trinajstić information content (AvgIpc) is 3.33. The predicted octanol–water partition coefficient (Wildman–Crippen LogP) is 2.99. The van der Waals surface area contributed by atoms with Gasteiger partial charge in [-0.15, -0.1) is 0 Å². The fourth-order valence-corrected chi connectivity index (χ4v) is 5.90. The smallest absolute Gasteiger partial charge is 0.268 e. The van der Waals surface area contributed by atoms with Crippen LogP contribution in [0, 0.1) is 13.8 Å². The first-order valence-corrected chi connectivity index (χ1v) is 12.7. The van der Waals surface area contributed by atoms with E-state index in [4.69, 9.17) is 0 Å². The Morgan fingerprint density at radius 1 is 1.09 bits per heavy atom. The maximum absolute atomic E-state index is 13.0. The minimum absolute atomic E-state index is 0.167. The predicted molar refractivity (Wildman–Crippen MR) is 126 cm³/mol. The fraction of sp³-hybridized carbons (Fsp3) is 0.417. The first kappa shape index (κ1) is 23.3. The molecule has 33 heavy (non-hydrogen) atoms. The third kappa shape index (κ3) is 4.89. The van der Waals surface area contributed by atoms with E-state index in [0.717, 1.165) is 41.8 Å². The summed E-state index contributed by atoms with van der Waals surface area (Å²) in [6, 6.07) is 11.6. The van der Waals surface area contributed by atoms with Crippen LogP contribution in [0.25, 0.3) is 0 Å². The van der Waals surface area contributed by atoms with E-state index in [1.165, 1.54) is 16.6 Å². The van der Waals surface area contributed by atoms with Crippen LogP contribution in [0.2, 0.25) is 0 Å². The standard InChI is InChI=1S/C24H31N5O3S/c1-18-22(19(2)29(26-18)16-20-10-6-4-7-11-20)15-25-24(30)23-14-21(17-27(23)3)33(31,32)28-12-8-5-9-13-28/h4,6-7,10-11,14,17H,5,8-9,12-13,15-16H2,1-3H3,(H,25,30). The van der Waals surface area contributed by atoms with Crippen LogP contribution in [0.4, 0.5) is 0 Å². The number of benzene rings is 1. The van der Waals surface area contributed by atoms with Crippen molar-refractivity contribution < 1.29 is 13.2 Å². The molecule has 9 heteroatoms. The van der Waals surface area contributed by atoms with E-state index < -0.39 is 10.0 Å². The normalized spacial score (nSPS) is 15.0. The zero-order valence-corrected chi connectivity index (χ0v) is 20.2. The molecule has 0 atom stereocenters. The van der Waals surface area contributed by atoms with Crippen molar-refractivity contribution in [3.05, 3.63) is 70.8 Å². The number of aromatic nitrogens is 3. The molecular formula is C24H31N5O3S. The summed E-state index contributed by atoms with van der Waals surface area (Å²) in [5, 5.41) is 7.57. The first-order valence-electron chi connectivity index (χ1n) is 11.3. The Hall–Kier alpha value is -2.91. The Morgan fingerprint density at radius 3 is 2.48 bits per heavy atom. The molecule has 1 saturated heterocycles. The van der Waals surface area contributed by atoms with Crippen LogP contribution in [-0.4, -0.2) is 46.1 Å². The third-order valence-corrected chi connectivity index (χ3v) is 8.16. The highest BCUT2D eigenvalue weighted by molar-refractivity contribution is 7.89. The van der Waals surface area contributed by atoms with Gasteiger partial charge in [0.05, 0.1) is 12.2 Å². The van der Waals surface area contributed by atoms with Crippen LogP contribution in [-0.2, 0) is 30.2 Å². The zero-order chi connectivity index (χ0) is 23.6. The lowest BCUT2D eigenvalue weighted by molar-refractivity contribution is 0.0942. The molecule has 1 aliphatic rings. The molecule has 1 N–H and O–H groups in total. The second-order valence-corrected chi connectivity index (χ2v) is 10.5. The van der Waals surface area contributed by atoms with Gasteiger partial charge in [-0.2, -0.15) is 9.40 Å². The lowest BCUT2D eigenvalue weighted by atomic mass is 10.2. The van der Waals surface area contributed by atoms with Crippen LogP contribution in [0.1, 0.15) is 52.3 Å². The Balaban J connectivity index is 1.46. The Bertz CT molecular complexity index is 1240. The molecule has 0 unspecified atom stereocenters. The molecule has 0 spiro atoms. The number of hydrogen-bond acceptors (Lipinski definition) is 4. The summed E-state index contributed by atoms with van der Waals surface area (Å²) in [6.45, 7) is 5.98. The lowest BCUT2D eigenvalue weighted by Gasteiger charge is -2.25. The lowest BCUT2D eigenvalue weighted by Crippen LogP contribution is -2.35. The molecule has 2 aromatic heterocycles.